The standard InChI is InChI=1S/C29H32N4O6S/c1-38-22-13-11-21(12-14-22)33-28(34)19-24(29(33)35)30-20-10-15-25(32-16-6-3-7-17-32)27(18-20)40(36,37)31-23-8-4-5-9-26(23)39-2/h4-5,8-15,18,24,30-31H,3,6-7,16-17,19H2,1-2H3/t24-/m1/s1. The molecule has 2 N–H and O–H groups in total. The van der Waals surface area contributed by atoms with Gasteiger partial charge in [0.1, 0.15) is 22.4 Å². The van der Waals surface area contributed by atoms with Crippen molar-refractivity contribution < 1.29 is 27.5 Å². The minimum absolute atomic E-state index is 0.0553. The van der Waals surface area contributed by atoms with Gasteiger partial charge in [0.05, 0.1) is 37.7 Å². The van der Waals surface area contributed by atoms with E-state index in [0.29, 0.717) is 34.2 Å². The Hall–Kier alpha value is -4.25. The molecule has 40 heavy (non-hydrogen) atoms. The van der Waals surface area contributed by atoms with E-state index in [1.54, 1.807) is 60.7 Å². The zero-order valence-electron chi connectivity index (χ0n) is 22.4. The lowest BCUT2D eigenvalue weighted by molar-refractivity contribution is -0.121. The Morgan fingerprint density at radius 2 is 1.60 bits per heavy atom. The molecule has 2 saturated heterocycles. The molecule has 10 nitrogen and oxygen atoms in total. The summed E-state index contributed by atoms with van der Waals surface area (Å²) in [6, 6.07) is 17.7. The Labute approximate surface area is 233 Å². The summed E-state index contributed by atoms with van der Waals surface area (Å²) < 4.78 is 40.7. The maximum Gasteiger partial charge on any atom is 0.264 e. The molecule has 0 bridgehead atoms. The number of hydrogen-bond donors (Lipinski definition) is 2. The highest BCUT2D eigenvalue weighted by Gasteiger charge is 2.40. The smallest absolute Gasteiger partial charge is 0.264 e. The van der Waals surface area contributed by atoms with Gasteiger partial charge in [-0.1, -0.05) is 12.1 Å². The van der Waals surface area contributed by atoms with Crippen molar-refractivity contribution in [3.8, 4) is 11.5 Å². The number of imide groups is 1. The molecule has 2 amide bonds. The first-order chi connectivity index (χ1) is 19.3. The molecule has 0 radical (unpaired) electrons. The van der Waals surface area contributed by atoms with Crippen molar-refractivity contribution in [1.29, 1.82) is 0 Å². The van der Waals surface area contributed by atoms with Crippen LogP contribution in [-0.4, -0.2) is 53.6 Å². The maximum absolute atomic E-state index is 13.8. The molecule has 210 valence electrons. The summed E-state index contributed by atoms with van der Waals surface area (Å²) in [6.07, 6.45) is 2.99. The number of ether oxygens (including phenoxy) is 2. The van der Waals surface area contributed by atoms with Crippen molar-refractivity contribution in [1.82, 2.24) is 0 Å². The summed E-state index contributed by atoms with van der Waals surface area (Å²) in [4.78, 5) is 29.3. The van der Waals surface area contributed by atoms with Crippen molar-refractivity contribution in [3.63, 3.8) is 0 Å². The third kappa shape index (κ3) is 5.55. The van der Waals surface area contributed by atoms with Gasteiger partial charge in [0.25, 0.3) is 15.9 Å². The van der Waals surface area contributed by atoms with Gasteiger partial charge in [0.2, 0.25) is 5.91 Å². The summed E-state index contributed by atoms with van der Waals surface area (Å²) >= 11 is 0. The second-order valence-electron chi connectivity index (χ2n) is 9.70. The van der Waals surface area contributed by atoms with Crippen LogP contribution in [0.15, 0.2) is 71.6 Å². The van der Waals surface area contributed by atoms with E-state index in [9.17, 15) is 18.0 Å². The van der Waals surface area contributed by atoms with Gasteiger partial charge in [-0.05, 0) is 73.9 Å². The number of anilines is 4. The van der Waals surface area contributed by atoms with Crippen LogP contribution in [-0.2, 0) is 19.6 Å². The van der Waals surface area contributed by atoms with Gasteiger partial charge in [-0.3, -0.25) is 14.3 Å². The monoisotopic (exact) mass is 564 g/mol. The summed E-state index contributed by atoms with van der Waals surface area (Å²) in [6.45, 7) is 1.49. The Morgan fingerprint density at radius 3 is 2.30 bits per heavy atom. The van der Waals surface area contributed by atoms with Gasteiger partial charge in [0, 0.05) is 18.8 Å². The molecule has 1 atom stereocenters. The third-order valence-corrected chi connectivity index (χ3v) is 8.51. The molecule has 0 spiro atoms. The van der Waals surface area contributed by atoms with Gasteiger partial charge in [0.15, 0.2) is 0 Å². The lowest BCUT2D eigenvalue weighted by Crippen LogP contribution is -2.35. The van der Waals surface area contributed by atoms with Crippen LogP contribution in [0.5, 0.6) is 11.5 Å². The summed E-state index contributed by atoms with van der Waals surface area (Å²) in [5.41, 5.74) is 1.77. The molecular formula is C29H32N4O6S. The van der Waals surface area contributed by atoms with Gasteiger partial charge < -0.3 is 19.7 Å². The van der Waals surface area contributed by atoms with Crippen LogP contribution in [0.2, 0.25) is 0 Å². The number of carbonyl (C=O) groups excluding carboxylic acids is 2. The fraction of sp³-hybridized carbons (Fsp3) is 0.310. The molecular weight excluding hydrogens is 532 g/mol. The number of amides is 2. The first kappa shape index (κ1) is 27.3. The largest absolute Gasteiger partial charge is 0.497 e. The van der Waals surface area contributed by atoms with Crippen LogP contribution in [0, 0.1) is 0 Å². The number of hydrogen-bond acceptors (Lipinski definition) is 8. The molecule has 0 aromatic heterocycles. The number of piperidine rings is 1. The van der Waals surface area contributed by atoms with Crippen molar-refractivity contribution in [3.05, 3.63) is 66.7 Å². The minimum atomic E-state index is -4.05. The highest BCUT2D eigenvalue weighted by Crippen LogP contribution is 2.35. The van der Waals surface area contributed by atoms with Crippen LogP contribution in [0.3, 0.4) is 0 Å². The van der Waals surface area contributed by atoms with Crippen LogP contribution >= 0.6 is 0 Å². The number of nitrogens with zero attached hydrogens (tertiary/aromatic N) is 2. The molecule has 2 heterocycles. The third-order valence-electron chi connectivity index (χ3n) is 7.12. The maximum atomic E-state index is 13.8. The fourth-order valence-electron chi connectivity index (χ4n) is 5.09. The van der Waals surface area contributed by atoms with E-state index in [1.807, 2.05) is 0 Å². The van der Waals surface area contributed by atoms with Gasteiger partial charge >= 0.3 is 0 Å². The zero-order chi connectivity index (χ0) is 28.3. The summed E-state index contributed by atoms with van der Waals surface area (Å²) in [7, 11) is -1.03. The number of rotatable bonds is 9. The Kier molecular flexibility index (Phi) is 7.83. The van der Waals surface area contributed by atoms with Crippen LogP contribution in [0.4, 0.5) is 22.7 Å². The predicted octanol–water partition coefficient (Wildman–Crippen LogP) is 4.24. The second-order valence-corrected chi connectivity index (χ2v) is 11.4. The molecule has 0 saturated carbocycles. The number of para-hydroxylation sites is 2. The van der Waals surface area contributed by atoms with E-state index < -0.39 is 22.0 Å². The van der Waals surface area contributed by atoms with E-state index in [0.717, 1.165) is 37.3 Å². The highest BCUT2D eigenvalue weighted by atomic mass is 32.2. The lowest BCUT2D eigenvalue weighted by atomic mass is 10.1. The molecule has 0 aliphatic carbocycles. The van der Waals surface area contributed by atoms with Crippen LogP contribution in [0.25, 0.3) is 0 Å². The highest BCUT2D eigenvalue weighted by molar-refractivity contribution is 7.93. The van der Waals surface area contributed by atoms with E-state index in [-0.39, 0.29) is 17.2 Å². The first-order valence-electron chi connectivity index (χ1n) is 13.1. The predicted molar refractivity (Wildman–Crippen MR) is 154 cm³/mol. The van der Waals surface area contributed by atoms with E-state index in [1.165, 1.54) is 20.3 Å². The molecule has 3 aromatic carbocycles. The molecule has 2 aliphatic heterocycles. The van der Waals surface area contributed by atoms with Gasteiger partial charge in [-0.2, -0.15) is 0 Å². The summed E-state index contributed by atoms with van der Waals surface area (Å²) in [5, 5.41) is 3.10. The van der Waals surface area contributed by atoms with Crippen LogP contribution in [0.1, 0.15) is 25.7 Å². The molecule has 2 fully saturated rings. The zero-order valence-corrected chi connectivity index (χ0v) is 23.2. The quantitative estimate of drug-likeness (QED) is 0.371. The first-order valence-corrected chi connectivity index (χ1v) is 14.6. The average molecular weight is 565 g/mol. The van der Waals surface area contributed by atoms with E-state index in [4.69, 9.17) is 9.47 Å². The number of carbonyl (C=O) groups is 2. The van der Waals surface area contributed by atoms with Crippen molar-refractivity contribution in [2.24, 2.45) is 0 Å². The number of benzene rings is 3. The normalized spacial score (nSPS) is 17.6. The molecule has 0 unspecified atom stereocenters. The number of nitrogens with one attached hydrogen (secondary N) is 2. The molecule has 2 aliphatic rings. The van der Waals surface area contributed by atoms with E-state index in [2.05, 4.69) is 14.9 Å². The summed E-state index contributed by atoms with van der Waals surface area (Å²) in [5.74, 6) is 0.255. The second kappa shape index (κ2) is 11.5. The van der Waals surface area contributed by atoms with Gasteiger partial charge in [-0.15, -0.1) is 0 Å². The van der Waals surface area contributed by atoms with Gasteiger partial charge in [-0.25, -0.2) is 13.3 Å². The minimum Gasteiger partial charge on any atom is -0.497 e. The van der Waals surface area contributed by atoms with Crippen LogP contribution < -0.4 is 29.3 Å². The topological polar surface area (TPSA) is 117 Å². The number of sulfonamides is 1. The molecule has 3 aromatic rings. The molecule has 5 rings (SSSR count). The fourth-order valence-corrected chi connectivity index (χ4v) is 6.42. The van der Waals surface area contributed by atoms with Crippen molar-refractivity contribution in [2.75, 3.05) is 47.1 Å². The molecule has 11 heteroatoms. The Morgan fingerprint density at radius 1 is 0.875 bits per heavy atom. The average Bonchev–Trinajstić information content (AvgIpc) is 3.25. The SMILES string of the molecule is COc1ccc(N2C(=O)C[C@@H](Nc3ccc(N4CCCCC4)c(S(=O)(=O)Nc4ccccc4OC)c3)C2=O)cc1. The Balaban J connectivity index is 1.44. The Bertz CT molecular complexity index is 1500. The number of methoxy groups -OCH3 is 2. The van der Waals surface area contributed by atoms with Crippen molar-refractivity contribution >= 4 is 44.6 Å². The lowest BCUT2D eigenvalue weighted by Gasteiger charge is -2.31. The van der Waals surface area contributed by atoms with Crippen molar-refractivity contribution in [2.45, 2.75) is 36.6 Å². The van der Waals surface area contributed by atoms with E-state index >= 15 is 0 Å².